The molecule has 1 spiro atoms. The summed E-state index contributed by atoms with van der Waals surface area (Å²) < 4.78 is 7.71. The first-order chi connectivity index (χ1) is 23.7. The van der Waals surface area contributed by atoms with Gasteiger partial charge < -0.3 is 25.0 Å². The number of benzene rings is 1. The zero-order valence-corrected chi connectivity index (χ0v) is 29.7. The second-order valence-electron chi connectivity index (χ2n) is 14.8. The van der Waals surface area contributed by atoms with Gasteiger partial charge in [-0.25, -0.2) is 4.79 Å². The molecule has 0 unspecified atom stereocenters. The summed E-state index contributed by atoms with van der Waals surface area (Å²) in [5, 5.41) is 19.3. The van der Waals surface area contributed by atoms with Gasteiger partial charge in [0.05, 0.1) is 17.8 Å². The fourth-order valence-electron chi connectivity index (χ4n) is 8.65. The van der Waals surface area contributed by atoms with Crippen LogP contribution in [0, 0.1) is 19.8 Å². The first-order valence-electron chi connectivity index (χ1n) is 18.7. The molecule has 3 aliphatic heterocycles. The number of aromatic nitrogens is 2. The first kappa shape index (κ1) is 35.4. The third-order valence-corrected chi connectivity index (χ3v) is 11.8. The van der Waals surface area contributed by atoms with Gasteiger partial charge in [-0.05, 0) is 70.3 Å². The number of hydrogen-bond donors (Lipinski definition) is 2. The van der Waals surface area contributed by atoms with Gasteiger partial charge in [-0.2, -0.15) is 5.10 Å². The summed E-state index contributed by atoms with van der Waals surface area (Å²) in [5.41, 5.74) is 3.49. The van der Waals surface area contributed by atoms with E-state index in [1.54, 1.807) is 4.90 Å². The summed E-state index contributed by atoms with van der Waals surface area (Å²) in [4.78, 5) is 46.7. The molecule has 49 heavy (non-hydrogen) atoms. The first-order valence-corrected chi connectivity index (χ1v) is 18.7. The van der Waals surface area contributed by atoms with E-state index in [9.17, 15) is 19.5 Å². The van der Waals surface area contributed by atoms with Crippen LogP contribution in [0.2, 0.25) is 0 Å². The summed E-state index contributed by atoms with van der Waals surface area (Å²) in [5.74, 6) is -0.144. The SMILES string of the molecule is CCCCN1C(=O)[C@@H]([C@H](O)C2CCCCC2)NC(=O)C12CCN(Cc1c(C)nn(C3CCN(C(=O)OCc4ccccc4)CC3)c1C)CC2. The summed E-state index contributed by atoms with van der Waals surface area (Å²) in [7, 11) is 0. The highest BCUT2D eigenvalue weighted by molar-refractivity contribution is 6.00. The van der Waals surface area contributed by atoms with Gasteiger partial charge in [0, 0.05) is 50.5 Å². The maximum absolute atomic E-state index is 14.0. The van der Waals surface area contributed by atoms with Crippen molar-refractivity contribution in [2.75, 3.05) is 32.7 Å². The number of likely N-dealkylation sites (tertiary alicyclic amines) is 2. The second-order valence-corrected chi connectivity index (χ2v) is 14.8. The standard InChI is InChI=1S/C38H56N6O5/c1-4-5-20-43-35(46)33(34(45)30-14-10-7-11-15-30)39-36(47)38(43)18-23-41(24-19-38)25-32-27(2)40-44(28(32)3)31-16-21-42(22-17-31)37(48)49-26-29-12-8-6-9-13-29/h6,8-9,12-13,30-31,33-34,45H,4-5,7,10-11,14-26H2,1-3H3,(H,39,47)/t33-,34-/m1/s1. The van der Waals surface area contributed by atoms with Crippen molar-refractivity contribution in [1.82, 2.24) is 29.8 Å². The van der Waals surface area contributed by atoms with Crippen LogP contribution in [0.5, 0.6) is 0 Å². The van der Waals surface area contributed by atoms with Gasteiger partial charge in [0.1, 0.15) is 18.2 Å². The molecule has 6 rings (SSSR count). The Morgan fingerprint density at radius 2 is 1.71 bits per heavy atom. The van der Waals surface area contributed by atoms with Crippen LogP contribution in [-0.2, 0) is 27.5 Å². The number of unbranched alkanes of at least 4 members (excludes halogenated alkanes) is 1. The number of nitrogens with one attached hydrogen (secondary N) is 1. The molecule has 11 heteroatoms. The molecule has 1 saturated carbocycles. The number of ether oxygens (including phenoxy) is 1. The van der Waals surface area contributed by atoms with Crippen LogP contribution >= 0.6 is 0 Å². The van der Waals surface area contributed by atoms with E-state index < -0.39 is 17.7 Å². The van der Waals surface area contributed by atoms with Gasteiger partial charge in [0.15, 0.2) is 0 Å². The Bertz CT molecular complexity index is 1440. The predicted molar refractivity (Wildman–Crippen MR) is 187 cm³/mol. The van der Waals surface area contributed by atoms with E-state index in [0.29, 0.717) is 45.6 Å². The van der Waals surface area contributed by atoms with Crippen LogP contribution in [0.4, 0.5) is 4.79 Å². The van der Waals surface area contributed by atoms with Gasteiger partial charge in [0.2, 0.25) is 11.8 Å². The van der Waals surface area contributed by atoms with Crippen molar-refractivity contribution >= 4 is 17.9 Å². The van der Waals surface area contributed by atoms with E-state index in [0.717, 1.165) is 74.9 Å². The third-order valence-electron chi connectivity index (χ3n) is 11.8. The highest BCUT2D eigenvalue weighted by Crippen LogP contribution is 2.37. The molecule has 0 radical (unpaired) electrons. The molecule has 4 aliphatic rings. The minimum Gasteiger partial charge on any atom is -0.445 e. The van der Waals surface area contributed by atoms with Gasteiger partial charge in [-0.3, -0.25) is 19.2 Å². The molecule has 4 heterocycles. The molecule has 3 amide bonds. The van der Waals surface area contributed by atoms with Crippen LogP contribution in [0.15, 0.2) is 30.3 Å². The Morgan fingerprint density at radius 1 is 1.02 bits per heavy atom. The molecule has 268 valence electrons. The maximum atomic E-state index is 14.0. The lowest BCUT2D eigenvalue weighted by Gasteiger charge is -2.52. The number of hydrogen-bond acceptors (Lipinski definition) is 7. The summed E-state index contributed by atoms with van der Waals surface area (Å²) in [6.07, 6.45) is 8.59. The number of aryl methyl sites for hydroxylation is 1. The number of carbonyl (C=O) groups excluding carboxylic acids is 3. The van der Waals surface area contributed by atoms with Crippen molar-refractivity contribution < 1.29 is 24.2 Å². The van der Waals surface area contributed by atoms with Crippen molar-refractivity contribution in [3.63, 3.8) is 0 Å². The Balaban J connectivity index is 1.05. The minimum atomic E-state index is -0.865. The number of amides is 3. The van der Waals surface area contributed by atoms with Crippen molar-refractivity contribution in [3.05, 3.63) is 52.8 Å². The van der Waals surface area contributed by atoms with Gasteiger partial charge >= 0.3 is 6.09 Å². The summed E-state index contributed by atoms with van der Waals surface area (Å²) in [6, 6.07) is 9.12. The average Bonchev–Trinajstić information content (AvgIpc) is 3.42. The third kappa shape index (κ3) is 7.53. The summed E-state index contributed by atoms with van der Waals surface area (Å²) in [6.45, 7) is 10.5. The second kappa shape index (κ2) is 15.6. The lowest BCUT2D eigenvalue weighted by molar-refractivity contribution is -0.166. The fraction of sp³-hybridized carbons (Fsp3) is 0.684. The Labute approximate surface area is 291 Å². The van der Waals surface area contributed by atoms with Crippen molar-refractivity contribution in [2.24, 2.45) is 5.92 Å². The fourth-order valence-corrected chi connectivity index (χ4v) is 8.65. The van der Waals surface area contributed by atoms with Crippen molar-refractivity contribution in [2.45, 2.75) is 128 Å². The van der Waals surface area contributed by atoms with Crippen LogP contribution in [0.1, 0.15) is 106 Å². The Hall–Kier alpha value is -3.44. The molecular weight excluding hydrogens is 620 g/mol. The van der Waals surface area contributed by atoms with E-state index in [2.05, 4.69) is 35.7 Å². The molecule has 0 bridgehead atoms. The molecule has 3 saturated heterocycles. The number of piperazine rings is 1. The molecule has 11 nitrogen and oxygen atoms in total. The van der Waals surface area contributed by atoms with Gasteiger partial charge in [-0.1, -0.05) is 62.9 Å². The van der Waals surface area contributed by atoms with Crippen LogP contribution in [0.25, 0.3) is 0 Å². The number of rotatable bonds is 10. The zero-order valence-electron chi connectivity index (χ0n) is 29.7. The van der Waals surface area contributed by atoms with E-state index >= 15 is 0 Å². The highest BCUT2D eigenvalue weighted by atomic mass is 16.6. The monoisotopic (exact) mass is 676 g/mol. The number of nitrogens with zero attached hydrogens (tertiary/aromatic N) is 5. The van der Waals surface area contributed by atoms with Gasteiger partial charge in [-0.15, -0.1) is 0 Å². The number of carbonyl (C=O) groups is 3. The molecular formula is C38H56N6O5. The molecule has 2 atom stereocenters. The Morgan fingerprint density at radius 3 is 2.39 bits per heavy atom. The largest absolute Gasteiger partial charge is 0.445 e. The molecule has 2 aromatic rings. The van der Waals surface area contributed by atoms with Crippen molar-refractivity contribution in [3.8, 4) is 0 Å². The smallest absolute Gasteiger partial charge is 0.410 e. The number of aliphatic hydroxyl groups excluding tert-OH is 1. The minimum absolute atomic E-state index is 0.0632. The normalized spacial score (nSPS) is 23.1. The highest BCUT2D eigenvalue weighted by Gasteiger charge is 2.55. The number of aliphatic hydroxyl groups is 1. The average molecular weight is 677 g/mol. The predicted octanol–water partition coefficient (Wildman–Crippen LogP) is 4.88. The molecule has 1 aromatic carbocycles. The van der Waals surface area contributed by atoms with Crippen LogP contribution in [0.3, 0.4) is 0 Å². The molecule has 4 fully saturated rings. The van der Waals surface area contributed by atoms with Crippen LogP contribution in [-0.4, -0.2) is 97.9 Å². The van der Waals surface area contributed by atoms with E-state index in [4.69, 9.17) is 9.84 Å². The van der Waals surface area contributed by atoms with Gasteiger partial charge in [0.25, 0.3) is 0 Å². The molecule has 2 N–H and O–H groups in total. The van der Waals surface area contributed by atoms with Crippen molar-refractivity contribution in [1.29, 1.82) is 0 Å². The van der Waals surface area contributed by atoms with Crippen LogP contribution < -0.4 is 5.32 Å². The Kier molecular flexibility index (Phi) is 11.3. The quantitative estimate of drug-likeness (QED) is 0.368. The van der Waals surface area contributed by atoms with E-state index in [-0.39, 0.29) is 36.5 Å². The van der Waals surface area contributed by atoms with E-state index in [1.807, 2.05) is 35.2 Å². The maximum Gasteiger partial charge on any atom is 0.410 e. The number of piperidine rings is 2. The topological polar surface area (TPSA) is 120 Å². The lowest BCUT2D eigenvalue weighted by Crippen LogP contribution is -2.75. The lowest BCUT2D eigenvalue weighted by atomic mass is 9.78. The zero-order chi connectivity index (χ0) is 34.5. The molecule has 1 aliphatic carbocycles. The summed E-state index contributed by atoms with van der Waals surface area (Å²) >= 11 is 0. The van der Waals surface area contributed by atoms with E-state index in [1.165, 1.54) is 12.0 Å². The molecule has 1 aromatic heterocycles.